The molecule has 1 aromatic heterocycles. The summed E-state index contributed by atoms with van der Waals surface area (Å²) >= 11 is 0. The Bertz CT molecular complexity index is 941. The van der Waals surface area contributed by atoms with Crippen molar-refractivity contribution in [2.24, 2.45) is 0 Å². The van der Waals surface area contributed by atoms with E-state index in [1.165, 1.54) is 12.1 Å². The van der Waals surface area contributed by atoms with E-state index >= 15 is 0 Å². The zero-order valence-electron chi connectivity index (χ0n) is 13.6. The molecule has 6 heteroatoms. The fourth-order valence-electron chi connectivity index (χ4n) is 3.30. The highest BCUT2D eigenvalue weighted by atomic mass is 19.4. The average molecular weight is 343 g/mol. The zero-order chi connectivity index (χ0) is 17.6. The van der Waals surface area contributed by atoms with Crippen molar-refractivity contribution in [3.63, 3.8) is 0 Å². The maximum absolute atomic E-state index is 13.4. The molecule has 1 aliphatic rings. The van der Waals surface area contributed by atoms with Gasteiger partial charge in [0.15, 0.2) is 0 Å². The third kappa shape index (κ3) is 2.58. The number of nitrogens with one attached hydrogen (secondary N) is 1. The van der Waals surface area contributed by atoms with Gasteiger partial charge in [0.1, 0.15) is 5.82 Å². The van der Waals surface area contributed by atoms with Gasteiger partial charge in [-0.05, 0) is 31.0 Å². The van der Waals surface area contributed by atoms with Crippen LogP contribution in [0.5, 0.6) is 0 Å². The molecule has 0 radical (unpaired) electrons. The number of hydrogen-bond donors (Lipinski definition) is 1. The van der Waals surface area contributed by atoms with E-state index in [1.54, 1.807) is 10.7 Å². The van der Waals surface area contributed by atoms with Gasteiger partial charge in [-0.3, -0.25) is 0 Å². The lowest BCUT2D eigenvalue weighted by Gasteiger charge is -2.12. The Morgan fingerprint density at radius 1 is 1.04 bits per heavy atom. The minimum atomic E-state index is -4.41. The van der Waals surface area contributed by atoms with Crippen molar-refractivity contribution in [3.8, 4) is 16.9 Å². The molecule has 0 saturated carbocycles. The van der Waals surface area contributed by atoms with Crippen LogP contribution in [0.4, 0.5) is 19.0 Å². The predicted octanol–water partition coefficient (Wildman–Crippen LogP) is 4.83. The minimum absolute atomic E-state index is 0.127. The molecule has 2 aromatic carbocycles. The number of hydrogen-bond acceptors (Lipinski definition) is 2. The van der Waals surface area contributed by atoms with E-state index in [1.807, 2.05) is 31.2 Å². The van der Waals surface area contributed by atoms with Crippen molar-refractivity contribution in [2.75, 3.05) is 11.9 Å². The van der Waals surface area contributed by atoms with E-state index in [-0.39, 0.29) is 5.56 Å². The predicted molar refractivity (Wildman–Crippen MR) is 90.9 cm³/mol. The molecule has 1 aliphatic heterocycles. The maximum Gasteiger partial charge on any atom is 0.417 e. The summed E-state index contributed by atoms with van der Waals surface area (Å²) in [6.07, 6.45) is -3.76. The van der Waals surface area contributed by atoms with Crippen molar-refractivity contribution in [1.29, 1.82) is 0 Å². The average Bonchev–Trinajstić information content (AvgIpc) is 3.17. The van der Waals surface area contributed by atoms with Crippen LogP contribution in [-0.4, -0.2) is 16.3 Å². The molecule has 25 heavy (non-hydrogen) atoms. The van der Waals surface area contributed by atoms with Gasteiger partial charge < -0.3 is 5.32 Å². The summed E-state index contributed by atoms with van der Waals surface area (Å²) in [6, 6.07) is 13.3. The minimum Gasteiger partial charge on any atom is -0.369 e. The van der Waals surface area contributed by atoms with E-state index in [9.17, 15) is 13.2 Å². The highest BCUT2D eigenvalue weighted by Crippen LogP contribution is 2.41. The lowest BCUT2D eigenvalue weighted by Crippen LogP contribution is -2.08. The molecule has 0 atom stereocenters. The highest BCUT2D eigenvalue weighted by Gasteiger charge is 2.35. The molecule has 0 fully saturated rings. The molecule has 3 nitrogen and oxygen atoms in total. The number of halogens is 3. The molecule has 3 aromatic rings. The quantitative estimate of drug-likeness (QED) is 0.722. The largest absolute Gasteiger partial charge is 0.417 e. The second kappa shape index (κ2) is 5.65. The van der Waals surface area contributed by atoms with Gasteiger partial charge in [0.2, 0.25) is 0 Å². The first-order valence-electron chi connectivity index (χ1n) is 8.05. The van der Waals surface area contributed by atoms with Crippen LogP contribution in [0.1, 0.15) is 16.7 Å². The van der Waals surface area contributed by atoms with Crippen LogP contribution in [0.2, 0.25) is 0 Å². The molecule has 0 aliphatic carbocycles. The van der Waals surface area contributed by atoms with Crippen LogP contribution in [0, 0.1) is 6.92 Å². The Hall–Kier alpha value is -2.76. The highest BCUT2D eigenvalue weighted by molar-refractivity contribution is 5.75. The van der Waals surface area contributed by atoms with Crippen molar-refractivity contribution >= 4 is 5.82 Å². The van der Waals surface area contributed by atoms with Gasteiger partial charge in [0.25, 0.3) is 0 Å². The molecule has 0 bridgehead atoms. The fourth-order valence-corrected chi connectivity index (χ4v) is 3.30. The number of para-hydroxylation sites is 1. The Morgan fingerprint density at radius 3 is 2.52 bits per heavy atom. The van der Waals surface area contributed by atoms with Gasteiger partial charge in [0.05, 0.1) is 16.9 Å². The number of aryl methyl sites for hydroxylation is 1. The van der Waals surface area contributed by atoms with Gasteiger partial charge in [-0.1, -0.05) is 36.4 Å². The van der Waals surface area contributed by atoms with Gasteiger partial charge in [-0.2, -0.15) is 18.3 Å². The van der Waals surface area contributed by atoms with Crippen LogP contribution >= 0.6 is 0 Å². The molecule has 2 heterocycles. The Kier molecular flexibility index (Phi) is 3.56. The van der Waals surface area contributed by atoms with Crippen molar-refractivity contribution < 1.29 is 13.2 Å². The summed E-state index contributed by atoms with van der Waals surface area (Å²) in [7, 11) is 0. The number of anilines is 1. The van der Waals surface area contributed by atoms with Crippen molar-refractivity contribution in [3.05, 3.63) is 65.2 Å². The van der Waals surface area contributed by atoms with Gasteiger partial charge in [0, 0.05) is 17.7 Å². The summed E-state index contributed by atoms with van der Waals surface area (Å²) in [6.45, 7) is 2.65. The molecule has 4 rings (SSSR count). The van der Waals surface area contributed by atoms with E-state index < -0.39 is 11.7 Å². The lowest BCUT2D eigenvalue weighted by molar-refractivity contribution is -0.137. The lowest BCUT2D eigenvalue weighted by atomic mass is 10.0. The van der Waals surface area contributed by atoms with Gasteiger partial charge in [-0.15, -0.1) is 0 Å². The standard InChI is InChI=1S/C19H16F3N3/c1-12-6-2-5-9-16(12)25-18-14(10-11-23-18)17(24-25)13-7-3-4-8-15(13)19(20,21)22/h2-9,23H,10-11H2,1H3. The van der Waals surface area contributed by atoms with Gasteiger partial charge in [-0.25, -0.2) is 4.68 Å². The second-order valence-electron chi connectivity index (χ2n) is 6.09. The Balaban J connectivity index is 1.95. The summed E-state index contributed by atoms with van der Waals surface area (Å²) in [4.78, 5) is 0. The third-order valence-electron chi connectivity index (χ3n) is 4.48. The topological polar surface area (TPSA) is 29.9 Å². The Labute approximate surface area is 143 Å². The second-order valence-corrected chi connectivity index (χ2v) is 6.09. The van der Waals surface area contributed by atoms with Crippen LogP contribution in [-0.2, 0) is 12.6 Å². The number of nitrogens with zero attached hydrogens (tertiary/aromatic N) is 2. The number of aromatic nitrogens is 2. The summed E-state index contributed by atoms with van der Waals surface area (Å²) in [5.41, 5.74) is 2.58. The molecular weight excluding hydrogens is 327 g/mol. The Morgan fingerprint density at radius 2 is 1.76 bits per heavy atom. The number of benzene rings is 2. The fraction of sp³-hybridized carbons (Fsp3) is 0.211. The molecule has 1 N–H and O–H groups in total. The van der Waals surface area contributed by atoms with E-state index in [4.69, 9.17) is 0 Å². The normalized spacial score (nSPS) is 13.6. The van der Waals surface area contributed by atoms with E-state index in [0.29, 0.717) is 18.7 Å². The maximum atomic E-state index is 13.4. The number of fused-ring (bicyclic) bond motifs is 1. The molecule has 0 saturated heterocycles. The van der Waals surface area contributed by atoms with Crippen LogP contribution in [0.25, 0.3) is 16.9 Å². The summed E-state index contributed by atoms with van der Waals surface area (Å²) < 4.78 is 42.0. The molecule has 0 spiro atoms. The van der Waals surface area contributed by atoms with Crippen LogP contribution < -0.4 is 5.32 Å². The first-order valence-corrected chi connectivity index (χ1v) is 8.05. The van der Waals surface area contributed by atoms with E-state index in [2.05, 4.69) is 10.4 Å². The summed E-state index contributed by atoms with van der Waals surface area (Å²) in [5.74, 6) is 0.779. The summed E-state index contributed by atoms with van der Waals surface area (Å²) in [5, 5.41) is 7.82. The monoisotopic (exact) mass is 343 g/mol. The number of rotatable bonds is 2. The number of alkyl halides is 3. The first kappa shape index (κ1) is 15.7. The van der Waals surface area contributed by atoms with Gasteiger partial charge >= 0.3 is 6.18 Å². The third-order valence-corrected chi connectivity index (χ3v) is 4.48. The van der Waals surface area contributed by atoms with Crippen molar-refractivity contribution in [1.82, 2.24) is 9.78 Å². The van der Waals surface area contributed by atoms with E-state index in [0.717, 1.165) is 28.7 Å². The molecule has 128 valence electrons. The van der Waals surface area contributed by atoms with Crippen LogP contribution in [0.3, 0.4) is 0 Å². The SMILES string of the molecule is Cc1ccccc1-n1nc(-c2ccccc2C(F)(F)F)c2c1NCC2. The zero-order valence-corrected chi connectivity index (χ0v) is 13.6. The molecule has 0 amide bonds. The molecule has 0 unspecified atom stereocenters. The first-order chi connectivity index (χ1) is 12.0. The molecular formula is C19H16F3N3. The van der Waals surface area contributed by atoms with Crippen molar-refractivity contribution in [2.45, 2.75) is 19.5 Å². The smallest absolute Gasteiger partial charge is 0.369 e. The van der Waals surface area contributed by atoms with Crippen LogP contribution in [0.15, 0.2) is 48.5 Å².